The predicted octanol–water partition coefficient (Wildman–Crippen LogP) is 1.49. The quantitative estimate of drug-likeness (QED) is 0.830. The Bertz CT molecular complexity index is 604. The van der Waals surface area contributed by atoms with Gasteiger partial charge in [-0.25, -0.2) is 4.79 Å². The SMILES string of the molecule is Cc1ccc2c(CN(C)CCN)cc(=O)oc2c1. The van der Waals surface area contributed by atoms with E-state index in [4.69, 9.17) is 10.2 Å². The first-order valence-electron chi connectivity index (χ1n) is 6.02. The van der Waals surface area contributed by atoms with Crippen molar-refractivity contribution in [2.24, 2.45) is 5.73 Å². The fourth-order valence-electron chi connectivity index (χ4n) is 2.06. The van der Waals surface area contributed by atoms with E-state index in [2.05, 4.69) is 4.90 Å². The van der Waals surface area contributed by atoms with Gasteiger partial charge >= 0.3 is 5.63 Å². The van der Waals surface area contributed by atoms with E-state index in [1.807, 2.05) is 32.2 Å². The third-order valence-corrected chi connectivity index (χ3v) is 2.94. The Labute approximate surface area is 106 Å². The lowest BCUT2D eigenvalue weighted by Crippen LogP contribution is -2.25. The molecule has 1 aromatic carbocycles. The summed E-state index contributed by atoms with van der Waals surface area (Å²) in [4.78, 5) is 13.6. The summed E-state index contributed by atoms with van der Waals surface area (Å²) in [6.07, 6.45) is 0. The standard InChI is InChI=1S/C14H18N2O2/c1-10-3-4-12-11(9-16(2)6-5-15)8-14(17)18-13(12)7-10/h3-4,7-8H,5-6,9,15H2,1-2H3. The Kier molecular flexibility index (Phi) is 3.79. The van der Waals surface area contributed by atoms with Crippen LogP contribution in [0, 0.1) is 6.92 Å². The molecule has 18 heavy (non-hydrogen) atoms. The average Bonchev–Trinajstić information content (AvgIpc) is 2.28. The number of rotatable bonds is 4. The maximum absolute atomic E-state index is 11.5. The molecule has 0 fully saturated rings. The van der Waals surface area contributed by atoms with E-state index in [1.165, 1.54) is 0 Å². The molecule has 0 spiro atoms. The van der Waals surface area contributed by atoms with Crippen molar-refractivity contribution in [3.63, 3.8) is 0 Å². The number of nitrogens with two attached hydrogens (primary N) is 1. The van der Waals surface area contributed by atoms with E-state index in [0.29, 0.717) is 18.7 Å². The van der Waals surface area contributed by atoms with Crippen molar-refractivity contribution in [3.8, 4) is 0 Å². The largest absolute Gasteiger partial charge is 0.423 e. The highest BCUT2D eigenvalue weighted by Gasteiger charge is 2.07. The molecule has 2 aromatic rings. The molecule has 0 aliphatic heterocycles. The van der Waals surface area contributed by atoms with E-state index < -0.39 is 0 Å². The predicted molar refractivity (Wildman–Crippen MR) is 72.6 cm³/mol. The second kappa shape index (κ2) is 5.33. The first-order valence-corrected chi connectivity index (χ1v) is 6.02. The zero-order chi connectivity index (χ0) is 13.1. The lowest BCUT2D eigenvalue weighted by atomic mass is 10.1. The van der Waals surface area contributed by atoms with Gasteiger partial charge in [-0.15, -0.1) is 0 Å². The van der Waals surface area contributed by atoms with E-state index in [9.17, 15) is 4.79 Å². The smallest absolute Gasteiger partial charge is 0.336 e. The molecular weight excluding hydrogens is 228 g/mol. The van der Waals surface area contributed by atoms with Crippen LogP contribution in [0.2, 0.25) is 0 Å². The summed E-state index contributed by atoms with van der Waals surface area (Å²) < 4.78 is 5.23. The zero-order valence-electron chi connectivity index (χ0n) is 10.8. The van der Waals surface area contributed by atoms with Gasteiger partial charge in [-0.1, -0.05) is 12.1 Å². The maximum Gasteiger partial charge on any atom is 0.336 e. The molecule has 4 nitrogen and oxygen atoms in total. The van der Waals surface area contributed by atoms with Crippen molar-refractivity contribution in [3.05, 3.63) is 45.8 Å². The Hall–Kier alpha value is -1.65. The zero-order valence-corrected chi connectivity index (χ0v) is 10.8. The van der Waals surface area contributed by atoms with Crippen LogP contribution in [0.15, 0.2) is 33.5 Å². The van der Waals surface area contributed by atoms with Crippen molar-refractivity contribution in [2.45, 2.75) is 13.5 Å². The second-order valence-electron chi connectivity index (χ2n) is 4.62. The van der Waals surface area contributed by atoms with Gasteiger partial charge in [0, 0.05) is 31.1 Å². The lowest BCUT2D eigenvalue weighted by Gasteiger charge is -2.16. The van der Waals surface area contributed by atoms with Crippen LogP contribution in [0.5, 0.6) is 0 Å². The second-order valence-corrected chi connectivity index (χ2v) is 4.62. The molecule has 0 unspecified atom stereocenters. The van der Waals surface area contributed by atoms with Crippen LogP contribution in [0.3, 0.4) is 0 Å². The third-order valence-electron chi connectivity index (χ3n) is 2.94. The average molecular weight is 246 g/mol. The van der Waals surface area contributed by atoms with Crippen molar-refractivity contribution in [1.29, 1.82) is 0 Å². The Morgan fingerprint density at radius 3 is 2.83 bits per heavy atom. The summed E-state index contributed by atoms with van der Waals surface area (Å²) in [6.45, 7) is 4.08. The summed E-state index contributed by atoms with van der Waals surface area (Å²) >= 11 is 0. The minimum Gasteiger partial charge on any atom is -0.423 e. The Morgan fingerprint density at radius 1 is 1.33 bits per heavy atom. The minimum atomic E-state index is -0.302. The topological polar surface area (TPSA) is 59.5 Å². The summed E-state index contributed by atoms with van der Waals surface area (Å²) in [6, 6.07) is 7.47. The van der Waals surface area contributed by atoms with Crippen molar-refractivity contribution < 1.29 is 4.42 Å². The number of fused-ring (bicyclic) bond motifs is 1. The molecule has 0 saturated heterocycles. The van der Waals surface area contributed by atoms with Gasteiger partial charge in [0.15, 0.2) is 0 Å². The molecule has 1 heterocycles. The minimum absolute atomic E-state index is 0.302. The van der Waals surface area contributed by atoms with Gasteiger partial charge in [-0.2, -0.15) is 0 Å². The normalized spacial score (nSPS) is 11.3. The molecule has 2 N–H and O–H groups in total. The Balaban J connectivity index is 2.46. The summed E-state index contributed by atoms with van der Waals surface area (Å²) in [5.41, 5.74) is 7.94. The molecular formula is C14H18N2O2. The number of aryl methyl sites for hydroxylation is 1. The molecule has 0 radical (unpaired) electrons. The number of nitrogens with zero attached hydrogens (tertiary/aromatic N) is 1. The van der Waals surface area contributed by atoms with Gasteiger partial charge in [0.1, 0.15) is 5.58 Å². The highest BCUT2D eigenvalue weighted by Crippen LogP contribution is 2.19. The molecule has 96 valence electrons. The van der Waals surface area contributed by atoms with E-state index in [-0.39, 0.29) is 5.63 Å². The van der Waals surface area contributed by atoms with Crippen molar-refractivity contribution in [1.82, 2.24) is 4.90 Å². The van der Waals surface area contributed by atoms with Crippen LogP contribution >= 0.6 is 0 Å². The molecule has 2 rings (SSSR count). The number of hydrogen-bond donors (Lipinski definition) is 1. The van der Waals surface area contributed by atoms with Gasteiger partial charge < -0.3 is 15.1 Å². The van der Waals surface area contributed by atoms with E-state index in [0.717, 1.165) is 23.1 Å². The van der Waals surface area contributed by atoms with E-state index in [1.54, 1.807) is 6.07 Å². The fraction of sp³-hybridized carbons (Fsp3) is 0.357. The highest BCUT2D eigenvalue weighted by molar-refractivity contribution is 5.80. The first kappa shape index (κ1) is 12.8. The molecule has 0 bridgehead atoms. The number of likely N-dealkylation sites (N-methyl/N-ethyl adjacent to an activating group) is 1. The van der Waals surface area contributed by atoms with Crippen LogP contribution in [-0.4, -0.2) is 25.0 Å². The van der Waals surface area contributed by atoms with Gasteiger partial charge in [-0.05, 0) is 31.2 Å². The molecule has 1 aromatic heterocycles. The molecule has 0 atom stereocenters. The van der Waals surface area contributed by atoms with Crippen LogP contribution in [-0.2, 0) is 6.54 Å². The van der Waals surface area contributed by atoms with Crippen LogP contribution < -0.4 is 11.4 Å². The monoisotopic (exact) mass is 246 g/mol. The molecule has 0 aliphatic carbocycles. The lowest BCUT2D eigenvalue weighted by molar-refractivity contribution is 0.336. The maximum atomic E-state index is 11.5. The fourth-order valence-corrected chi connectivity index (χ4v) is 2.06. The third kappa shape index (κ3) is 2.78. The number of hydrogen-bond acceptors (Lipinski definition) is 4. The van der Waals surface area contributed by atoms with Gasteiger partial charge in [0.05, 0.1) is 0 Å². The van der Waals surface area contributed by atoms with Crippen LogP contribution in [0.1, 0.15) is 11.1 Å². The van der Waals surface area contributed by atoms with Crippen LogP contribution in [0.25, 0.3) is 11.0 Å². The summed E-state index contributed by atoms with van der Waals surface area (Å²) in [7, 11) is 1.99. The number of benzene rings is 1. The van der Waals surface area contributed by atoms with E-state index >= 15 is 0 Å². The molecule has 0 amide bonds. The first-order chi connectivity index (χ1) is 8.60. The van der Waals surface area contributed by atoms with Crippen molar-refractivity contribution >= 4 is 11.0 Å². The van der Waals surface area contributed by atoms with Gasteiger partial charge in [-0.3, -0.25) is 0 Å². The molecule has 0 aliphatic rings. The van der Waals surface area contributed by atoms with Gasteiger partial charge in [0.25, 0.3) is 0 Å². The Morgan fingerprint density at radius 2 is 2.11 bits per heavy atom. The highest BCUT2D eigenvalue weighted by atomic mass is 16.4. The van der Waals surface area contributed by atoms with Crippen molar-refractivity contribution in [2.75, 3.05) is 20.1 Å². The molecule has 0 saturated carbocycles. The summed E-state index contributed by atoms with van der Waals surface area (Å²) in [5.74, 6) is 0. The van der Waals surface area contributed by atoms with Crippen LogP contribution in [0.4, 0.5) is 0 Å². The summed E-state index contributed by atoms with van der Waals surface area (Å²) in [5, 5.41) is 0.990. The molecule has 4 heteroatoms. The van der Waals surface area contributed by atoms with Gasteiger partial charge in [0.2, 0.25) is 0 Å².